The molecule has 0 amide bonds. The van der Waals surface area contributed by atoms with Crippen molar-refractivity contribution in [1.82, 2.24) is 4.98 Å². The summed E-state index contributed by atoms with van der Waals surface area (Å²) in [4.78, 5) is 3.08. The first-order valence-corrected chi connectivity index (χ1v) is 5.07. The van der Waals surface area contributed by atoms with Crippen LogP contribution in [0.3, 0.4) is 0 Å². The number of aryl methyl sites for hydroxylation is 2. The number of aromatic amines is 1. The second-order valence-corrected chi connectivity index (χ2v) is 4.08. The van der Waals surface area contributed by atoms with Gasteiger partial charge >= 0.3 is 0 Å². The normalized spacial score (nSPS) is 10.2. The molecule has 1 heterocycles. The molecule has 1 N–H and O–H groups in total. The first kappa shape index (κ1) is 9.88. The molecule has 2 rings (SSSR count). The molecule has 0 fully saturated rings. The smallest absolute Gasteiger partial charge is 0.121 e. The van der Waals surface area contributed by atoms with Crippen LogP contribution in [0.2, 0.25) is 0 Å². The molecule has 0 saturated carbocycles. The SMILES string of the molecule is Cc1cc(C)c2cc(C#N)c(=S)[nH]c2c1. The molecule has 15 heavy (non-hydrogen) atoms. The minimum atomic E-state index is 0.509. The van der Waals surface area contributed by atoms with Crippen molar-refractivity contribution in [3.05, 3.63) is 39.5 Å². The fraction of sp³-hybridized carbons (Fsp3) is 0.167. The summed E-state index contributed by atoms with van der Waals surface area (Å²) >= 11 is 5.09. The van der Waals surface area contributed by atoms with Crippen LogP contribution in [0.25, 0.3) is 10.9 Å². The van der Waals surface area contributed by atoms with Crippen molar-refractivity contribution in [2.24, 2.45) is 0 Å². The van der Waals surface area contributed by atoms with E-state index in [4.69, 9.17) is 17.5 Å². The Balaban J connectivity index is 2.95. The predicted molar refractivity (Wildman–Crippen MR) is 63.3 cm³/mol. The van der Waals surface area contributed by atoms with Crippen LogP contribution in [0.15, 0.2) is 18.2 Å². The fourth-order valence-electron chi connectivity index (χ4n) is 1.76. The molecule has 2 aromatic rings. The Labute approximate surface area is 93.2 Å². The highest BCUT2D eigenvalue weighted by Gasteiger charge is 2.02. The van der Waals surface area contributed by atoms with Gasteiger partial charge in [0, 0.05) is 10.9 Å². The first-order valence-electron chi connectivity index (χ1n) is 4.66. The van der Waals surface area contributed by atoms with E-state index in [1.54, 1.807) is 0 Å². The van der Waals surface area contributed by atoms with Crippen molar-refractivity contribution >= 4 is 23.1 Å². The van der Waals surface area contributed by atoms with Crippen molar-refractivity contribution in [2.45, 2.75) is 13.8 Å². The standard InChI is InChI=1S/C12H10N2S/c1-7-3-8(2)10-5-9(6-13)12(15)14-11(10)4-7/h3-5H,1-2H3,(H,14,15). The number of aromatic nitrogens is 1. The van der Waals surface area contributed by atoms with Gasteiger partial charge in [-0.3, -0.25) is 0 Å². The number of rotatable bonds is 0. The third kappa shape index (κ3) is 1.64. The zero-order valence-electron chi connectivity index (χ0n) is 8.59. The van der Waals surface area contributed by atoms with Crippen LogP contribution in [-0.2, 0) is 0 Å². The maximum atomic E-state index is 8.89. The summed E-state index contributed by atoms with van der Waals surface area (Å²) in [6, 6.07) is 8.08. The molecular formula is C12H10N2S. The van der Waals surface area contributed by atoms with Gasteiger partial charge < -0.3 is 4.98 Å². The van der Waals surface area contributed by atoms with E-state index in [1.165, 1.54) is 5.56 Å². The number of hydrogen-bond donors (Lipinski definition) is 1. The zero-order chi connectivity index (χ0) is 11.0. The van der Waals surface area contributed by atoms with Crippen LogP contribution in [-0.4, -0.2) is 4.98 Å². The molecule has 3 heteroatoms. The Morgan fingerprint density at radius 1 is 1.27 bits per heavy atom. The second kappa shape index (κ2) is 3.48. The average molecular weight is 214 g/mol. The van der Waals surface area contributed by atoms with Gasteiger partial charge in [-0.15, -0.1) is 0 Å². The van der Waals surface area contributed by atoms with Gasteiger partial charge in [-0.25, -0.2) is 0 Å². The molecule has 1 aromatic carbocycles. The number of nitrogens with zero attached hydrogens (tertiary/aromatic N) is 1. The molecule has 0 atom stereocenters. The molecule has 0 aliphatic rings. The molecule has 0 radical (unpaired) electrons. The van der Waals surface area contributed by atoms with Gasteiger partial charge in [0.2, 0.25) is 0 Å². The fourth-order valence-corrected chi connectivity index (χ4v) is 1.97. The van der Waals surface area contributed by atoms with E-state index in [0.717, 1.165) is 16.5 Å². The minimum absolute atomic E-state index is 0.509. The number of pyridine rings is 1. The zero-order valence-corrected chi connectivity index (χ0v) is 9.40. The highest BCUT2D eigenvalue weighted by atomic mass is 32.1. The van der Waals surface area contributed by atoms with Crippen LogP contribution in [0.1, 0.15) is 16.7 Å². The number of fused-ring (bicyclic) bond motifs is 1. The van der Waals surface area contributed by atoms with Crippen LogP contribution in [0.5, 0.6) is 0 Å². The quantitative estimate of drug-likeness (QED) is 0.683. The molecule has 0 bridgehead atoms. The highest BCUT2D eigenvalue weighted by molar-refractivity contribution is 7.71. The summed E-state index contributed by atoms with van der Waals surface area (Å²) < 4.78 is 0.509. The van der Waals surface area contributed by atoms with E-state index in [1.807, 2.05) is 26.0 Å². The summed E-state index contributed by atoms with van der Waals surface area (Å²) in [5.74, 6) is 0. The van der Waals surface area contributed by atoms with Crippen LogP contribution < -0.4 is 0 Å². The van der Waals surface area contributed by atoms with Crippen molar-refractivity contribution in [3.63, 3.8) is 0 Å². The van der Waals surface area contributed by atoms with Crippen molar-refractivity contribution in [3.8, 4) is 6.07 Å². The van der Waals surface area contributed by atoms with Crippen molar-refractivity contribution in [1.29, 1.82) is 5.26 Å². The lowest BCUT2D eigenvalue weighted by Crippen LogP contribution is -1.88. The summed E-state index contributed by atoms with van der Waals surface area (Å²) in [6.45, 7) is 4.08. The molecular weight excluding hydrogens is 204 g/mol. The Morgan fingerprint density at radius 2 is 2.00 bits per heavy atom. The van der Waals surface area contributed by atoms with Gasteiger partial charge in [-0.1, -0.05) is 18.3 Å². The molecule has 0 aliphatic carbocycles. The highest BCUT2D eigenvalue weighted by Crippen LogP contribution is 2.20. The van der Waals surface area contributed by atoms with Gasteiger partial charge in [0.1, 0.15) is 10.7 Å². The van der Waals surface area contributed by atoms with Gasteiger partial charge in [0.05, 0.1) is 5.56 Å². The Kier molecular flexibility index (Phi) is 2.29. The van der Waals surface area contributed by atoms with Crippen LogP contribution in [0, 0.1) is 29.8 Å². The molecule has 0 saturated heterocycles. The first-order chi connectivity index (χ1) is 7.11. The second-order valence-electron chi connectivity index (χ2n) is 3.67. The molecule has 0 unspecified atom stereocenters. The van der Waals surface area contributed by atoms with Gasteiger partial charge in [-0.2, -0.15) is 5.26 Å². The van der Waals surface area contributed by atoms with Crippen molar-refractivity contribution in [2.75, 3.05) is 0 Å². The molecule has 2 nitrogen and oxygen atoms in total. The summed E-state index contributed by atoms with van der Waals surface area (Å²) in [5, 5.41) is 9.95. The Bertz CT molecular complexity index is 632. The summed E-state index contributed by atoms with van der Waals surface area (Å²) in [5.41, 5.74) is 3.88. The maximum Gasteiger partial charge on any atom is 0.121 e. The van der Waals surface area contributed by atoms with Crippen LogP contribution in [0.4, 0.5) is 0 Å². The van der Waals surface area contributed by atoms with E-state index in [-0.39, 0.29) is 0 Å². The minimum Gasteiger partial charge on any atom is -0.345 e. The Hall–Kier alpha value is -1.66. The number of nitrogens with one attached hydrogen (secondary N) is 1. The van der Waals surface area contributed by atoms with Gasteiger partial charge in [0.25, 0.3) is 0 Å². The monoisotopic (exact) mass is 214 g/mol. The van der Waals surface area contributed by atoms with Crippen molar-refractivity contribution < 1.29 is 0 Å². The third-order valence-electron chi connectivity index (χ3n) is 2.43. The molecule has 1 aromatic heterocycles. The summed E-state index contributed by atoms with van der Waals surface area (Å²) in [6.07, 6.45) is 0. The van der Waals surface area contributed by atoms with Gasteiger partial charge in [-0.05, 0) is 37.1 Å². The van der Waals surface area contributed by atoms with E-state index in [2.05, 4.69) is 17.1 Å². The van der Waals surface area contributed by atoms with Crippen LogP contribution >= 0.6 is 12.2 Å². The average Bonchev–Trinajstić information content (AvgIpc) is 2.16. The Morgan fingerprint density at radius 3 is 2.67 bits per heavy atom. The lowest BCUT2D eigenvalue weighted by molar-refractivity contribution is 1.31. The number of nitriles is 1. The lowest BCUT2D eigenvalue weighted by atomic mass is 10.1. The predicted octanol–water partition coefficient (Wildman–Crippen LogP) is 3.39. The lowest BCUT2D eigenvalue weighted by Gasteiger charge is -2.04. The maximum absolute atomic E-state index is 8.89. The number of H-pyrrole nitrogens is 1. The summed E-state index contributed by atoms with van der Waals surface area (Å²) in [7, 11) is 0. The van der Waals surface area contributed by atoms with Gasteiger partial charge in [0.15, 0.2) is 0 Å². The van der Waals surface area contributed by atoms with E-state index in [0.29, 0.717) is 10.2 Å². The third-order valence-corrected chi connectivity index (χ3v) is 2.76. The topological polar surface area (TPSA) is 39.6 Å². The molecule has 74 valence electrons. The van der Waals surface area contributed by atoms with E-state index in [9.17, 15) is 0 Å². The largest absolute Gasteiger partial charge is 0.345 e. The number of hydrogen-bond acceptors (Lipinski definition) is 2. The molecule has 0 aliphatic heterocycles. The van der Waals surface area contributed by atoms with E-state index < -0.39 is 0 Å². The van der Waals surface area contributed by atoms with E-state index >= 15 is 0 Å². The molecule has 0 spiro atoms. The number of benzene rings is 1.